The average Bonchev–Trinajstić information content (AvgIpc) is 1.89. The largest absolute Gasteiger partial charge is 0.435 e. The number of rotatable bonds is 3. The van der Waals surface area contributed by atoms with Gasteiger partial charge in [0.25, 0.3) is 0 Å². The van der Waals surface area contributed by atoms with Crippen LogP contribution in [0.1, 0.15) is 13.3 Å². The zero-order valence-electron chi connectivity index (χ0n) is 5.33. The minimum atomic E-state index is -0.292. The first-order chi connectivity index (χ1) is 4.31. The first-order valence-corrected chi connectivity index (χ1v) is 2.76. The molecule has 0 radical (unpaired) electrons. The summed E-state index contributed by atoms with van der Waals surface area (Å²) >= 11 is 0. The molecule has 3 nitrogen and oxygen atoms in total. The van der Waals surface area contributed by atoms with E-state index in [2.05, 4.69) is 4.74 Å². The van der Waals surface area contributed by atoms with E-state index in [0.717, 1.165) is 0 Å². The van der Waals surface area contributed by atoms with Gasteiger partial charge < -0.3 is 9.84 Å². The molecule has 0 bridgehead atoms. The molecular weight excluding hydrogens is 120 g/mol. The van der Waals surface area contributed by atoms with E-state index in [9.17, 15) is 4.79 Å². The molecule has 3 heteroatoms. The van der Waals surface area contributed by atoms with Crippen molar-refractivity contribution in [2.45, 2.75) is 13.3 Å². The number of aliphatic hydroxyl groups excluding tert-OH is 1. The lowest BCUT2D eigenvalue weighted by atomic mass is 10.5. The molecule has 0 aromatic rings. The van der Waals surface area contributed by atoms with Crippen molar-refractivity contribution in [2.24, 2.45) is 0 Å². The molecule has 0 heterocycles. The van der Waals surface area contributed by atoms with Crippen molar-refractivity contribution in [3.8, 4) is 0 Å². The highest BCUT2D eigenvalue weighted by Crippen LogP contribution is 1.84. The summed E-state index contributed by atoms with van der Waals surface area (Å²) in [5.74, 6) is -0.292. The van der Waals surface area contributed by atoms with Gasteiger partial charge in [-0.1, -0.05) is 6.92 Å². The standard InChI is InChI=1S/C6H10O3/c1-2-6(8)9-5-3-4-7/h3,5,7H,2,4H2,1H3. The quantitative estimate of drug-likeness (QED) is 0.445. The number of hydrogen-bond donors (Lipinski definition) is 1. The molecule has 52 valence electrons. The summed E-state index contributed by atoms with van der Waals surface area (Å²) in [7, 11) is 0. The van der Waals surface area contributed by atoms with Gasteiger partial charge in [0, 0.05) is 6.42 Å². The Hall–Kier alpha value is -0.830. The van der Waals surface area contributed by atoms with Crippen molar-refractivity contribution in [3.05, 3.63) is 12.3 Å². The maximum absolute atomic E-state index is 10.3. The van der Waals surface area contributed by atoms with E-state index in [1.807, 2.05) is 0 Å². The zero-order chi connectivity index (χ0) is 7.11. The Labute approximate surface area is 53.9 Å². The lowest BCUT2D eigenvalue weighted by Crippen LogP contribution is -1.95. The van der Waals surface area contributed by atoms with E-state index in [0.29, 0.717) is 6.42 Å². The van der Waals surface area contributed by atoms with Gasteiger partial charge in [0.05, 0.1) is 12.9 Å². The Morgan fingerprint density at radius 3 is 2.89 bits per heavy atom. The van der Waals surface area contributed by atoms with Crippen molar-refractivity contribution in [3.63, 3.8) is 0 Å². The first kappa shape index (κ1) is 8.17. The highest BCUT2D eigenvalue weighted by Gasteiger charge is 1.91. The van der Waals surface area contributed by atoms with Crippen LogP contribution in [0.25, 0.3) is 0 Å². The van der Waals surface area contributed by atoms with Gasteiger partial charge in [-0.05, 0) is 6.08 Å². The maximum atomic E-state index is 10.3. The van der Waals surface area contributed by atoms with Crippen LogP contribution < -0.4 is 0 Å². The van der Waals surface area contributed by atoms with Gasteiger partial charge in [-0.15, -0.1) is 0 Å². The van der Waals surface area contributed by atoms with Crippen LogP contribution in [-0.4, -0.2) is 17.7 Å². The predicted molar refractivity (Wildman–Crippen MR) is 32.6 cm³/mol. The van der Waals surface area contributed by atoms with Gasteiger partial charge >= 0.3 is 5.97 Å². The smallest absolute Gasteiger partial charge is 0.310 e. The van der Waals surface area contributed by atoms with E-state index in [-0.39, 0.29) is 12.6 Å². The Kier molecular flexibility index (Phi) is 4.82. The van der Waals surface area contributed by atoms with Gasteiger partial charge in [-0.2, -0.15) is 0 Å². The first-order valence-electron chi connectivity index (χ1n) is 2.76. The molecule has 0 aromatic carbocycles. The molecule has 0 amide bonds. The summed E-state index contributed by atoms with van der Waals surface area (Å²) in [5, 5.41) is 8.17. The molecule has 9 heavy (non-hydrogen) atoms. The van der Waals surface area contributed by atoms with E-state index >= 15 is 0 Å². The van der Waals surface area contributed by atoms with Gasteiger partial charge in [0.15, 0.2) is 0 Å². The zero-order valence-corrected chi connectivity index (χ0v) is 5.33. The number of aliphatic hydroxyl groups is 1. The molecule has 0 saturated heterocycles. The fourth-order valence-corrected chi connectivity index (χ4v) is 0.250. The van der Waals surface area contributed by atoms with Gasteiger partial charge in [0.2, 0.25) is 0 Å². The van der Waals surface area contributed by atoms with Crippen molar-refractivity contribution < 1.29 is 14.6 Å². The molecule has 1 N–H and O–H groups in total. The molecular formula is C6H10O3. The molecule has 0 aliphatic heterocycles. The number of ether oxygens (including phenoxy) is 1. The highest BCUT2D eigenvalue weighted by molar-refractivity contribution is 5.69. The average molecular weight is 130 g/mol. The van der Waals surface area contributed by atoms with Crippen molar-refractivity contribution in [1.82, 2.24) is 0 Å². The third-order valence-corrected chi connectivity index (χ3v) is 0.690. The normalized spacial score (nSPS) is 10.0. The molecule has 0 aromatic heterocycles. The second-order valence-corrected chi connectivity index (χ2v) is 1.40. The third kappa shape index (κ3) is 5.03. The second kappa shape index (κ2) is 5.31. The van der Waals surface area contributed by atoms with E-state index < -0.39 is 0 Å². The molecule has 0 unspecified atom stereocenters. The monoisotopic (exact) mass is 130 g/mol. The summed E-state index contributed by atoms with van der Waals surface area (Å²) in [6.45, 7) is 1.60. The predicted octanol–water partition coefficient (Wildman–Crippen LogP) is 0.446. The van der Waals surface area contributed by atoms with Gasteiger partial charge in [-0.3, -0.25) is 4.79 Å². The van der Waals surface area contributed by atoms with E-state index in [4.69, 9.17) is 5.11 Å². The van der Waals surface area contributed by atoms with Crippen LogP contribution in [0.4, 0.5) is 0 Å². The third-order valence-electron chi connectivity index (χ3n) is 0.690. The molecule has 0 fully saturated rings. The maximum Gasteiger partial charge on any atom is 0.310 e. The Morgan fingerprint density at radius 1 is 1.78 bits per heavy atom. The molecule has 0 rings (SSSR count). The minimum absolute atomic E-state index is 0.100. The minimum Gasteiger partial charge on any atom is -0.435 e. The van der Waals surface area contributed by atoms with Crippen LogP contribution in [0.2, 0.25) is 0 Å². The number of hydrogen-bond acceptors (Lipinski definition) is 3. The van der Waals surface area contributed by atoms with Crippen molar-refractivity contribution in [2.75, 3.05) is 6.61 Å². The molecule has 0 saturated carbocycles. The number of carbonyl (C=O) groups is 1. The molecule has 0 atom stereocenters. The SMILES string of the molecule is CCC(=O)OC=CCO. The fraction of sp³-hybridized carbons (Fsp3) is 0.500. The van der Waals surface area contributed by atoms with Crippen LogP contribution in [0.5, 0.6) is 0 Å². The fourth-order valence-electron chi connectivity index (χ4n) is 0.250. The summed E-state index contributed by atoms with van der Waals surface area (Å²) in [6.07, 6.45) is 2.90. The van der Waals surface area contributed by atoms with Crippen LogP contribution in [0.3, 0.4) is 0 Å². The molecule has 0 aliphatic rings. The molecule has 0 spiro atoms. The summed E-state index contributed by atoms with van der Waals surface area (Å²) in [6, 6.07) is 0. The Morgan fingerprint density at radius 2 is 2.44 bits per heavy atom. The van der Waals surface area contributed by atoms with Crippen LogP contribution in [0, 0.1) is 0 Å². The van der Waals surface area contributed by atoms with Gasteiger partial charge in [0.1, 0.15) is 0 Å². The van der Waals surface area contributed by atoms with E-state index in [1.54, 1.807) is 6.92 Å². The topological polar surface area (TPSA) is 46.5 Å². The van der Waals surface area contributed by atoms with E-state index in [1.165, 1.54) is 12.3 Å². The Bertz CT molecular complexity index is 107. The number of carbonyl (C=O) groups excluding carboxylic acids is 1. The van der Waals surface area contributed by atoms with Crippen LogP contribution in [0.15, 0.2) is 12.3 Å². The summed E-state index contributed by atoms with van der Waals surface area (Å²) < 4.78 is 4.45. The van der Waals surface area contributed by atoms with Gasteiger partial charge in [-0.25, -0.2) is 0 Å². The second-order valence-electron chi connectivity index (χ2n) is 1.40. The summed E-state index contributed by atoms with van der Waals surface area (Å²) in [4.78, 5) is 10.3. The Balaban J connectivity index is 3.26. The number of esters is 1. The molecule has 0 aliphatic carbocycles. The van der Waals surface area contributed by atoms with Crippen molar-refractivity contribution >= 4 is 5.97 Å². The van der Waals surface area contributed by atoms with Crippen LogP contribution >= 0.6 is 0 Å². The lowest BCUT2D eigenvalue weighted by molar-refractivity contribution is -0.137. The van der Waals surface area contributed by atoms with Crippen molar-refractivity contribution in [1.29, 1.82) is 0 Å². The highest BCUT2D eigenvalue weighted by atomic mass is 16.5. The van der Waals surface area contributed by atoms with Crippen LogP contribution in [-0.2, 0) is 9.53 Å². The lowest BCUT2D eigenvalue weighted by Gasteiger charge is -1.91. The summed E-state index contributed by atoms with van der Waals surface area (Å²) in [5.41, 5.74) is 0.